The van der Waals surface area contributed by atoms with E-state index in [-0.39, 0.29) is 21.1 Å². The zero-order valence-corrected chi connectivity index (χ0v) is 23.5. The number of halogens is 12. The van der Waals surface area contributed by atoms with Crippen LogP contribution in [0.15, 0.2) is 51.4 Å². The highest BCUT2D eigenvalue weighted by atomic mass is 79.9. The molecule has 0 fully saturated rings. The van der Waals surface area contributed by atoms with Crippen molar-refractivity contribution in [3.8, 4) is 0 Å². The van der Waals surface area contributed by atoms with E-state index in [1.165, 1.54) is 13.0 Å². The van der Waals surface area contributed by atoms with Gasteiger partial charge in [-0.3, -0.25) is 9.59 Å². The molecule has 220 valence electrons. The highest BCUT2D eigenvalue weighted by Gasteiger charge is 2.41. The van der Waals surface area contributed by atoms with Crippen LogP contribution in [0.5, 0.6) is 0 Å². The molecular weight excluding hydrogens is 694 g/mol. The largest absolute Gasteiger partial charge is 0.417 e. The SMILES string of the molecule is C[C@H](CC(=O)CCC(F)(F)F)CC(=O)c1ccc(/C(F)=C/C(c2cc(Br)cc(Br)c2)C(F)(F)F)cc1C(F)(F)F. The third kappa shape index (κ3) is 10.3. The molecule has 0 N–H and O–H groups in total. The van der Waals surface area contributed by atoms with E-state index in [0.29, 0.717) is 6.07 Å². The van der Waals surface area contributed by atoms with Crippen molar-refractivity contribution in [2.24, 2.45) is 5.92 Å². The Kier molecular flexibility index (Phi) is 11.2. The number of benzene rings is 2. The van der Waals surface area contributed by atoms with Crippen LogP contribution >= 0.6 is 31.9 Å². The topological polar surface area (TPSA) is 34.1 Å². The van der Waals surface area contributed by atoms with Crippen molar-refractivity contribution in [2.75, 3.05) is 0 Å². The second kappa shape index (κ2) is 13.2. The molecule has 1 unspecified atom stereocenters. The molecule has 2 aromatic rings. The molecule has 2 atom stereocenters. The van der Waals surface area contributed by atoms with E-state index >= 15 is 0 Å². The maximum atomic E-state index is 15.0. The van der Waals surface area contributed by atoms with Crippen LogP contribution in [-0.4, -0.2) is 23.9 Å². The number of ketones is 2. The lowest BCUT2D eigenvalue weighted by atomic mass is 9.91. The van der Waals surface area contributed by atoms with Crippen LogP contribution in [0.1, 0.15) is 65.6 Å². The van der Waals surface area contributed by atoms with E-state index in [9.17, 15) is 53.5 Å². The minimum Gasteiger partial charge on any atom is -0.300 e. The number of allylic oxidation sites excluding steroid dienone is 1. The smallest absolute Gasteiger partial charge is 0.300 e. The predicted molar refractivity (Wildman–Crippen MR) is 134 cm³/mol. The van der Waals surface area contributed by atoms with E-state index in [4.69, 9.17) is 0 Å². The molecule has 0 heterocycles. The quantitative estimate of drug-likeness (QED) is 0.181. The van der Waals surface area contributed by atoms with Gasteiger partial charge in [0, 0.05) is 39.3 Å². The summed E-state index contributed by atoms with van der Waals surface area (Å²) in [4.78, 5) is 24.3. The Balaban J connectivity index is 2.36. The summed E-state index contributed by atoms with van der Waals surface area (Å²) in [5, 5.41) is 0. The number of carbonyl (C=O) groups is 2. The lowest BCUT2D eigenvalue weighted by Crippen LogP contribution is -2.19. The van der Waals surface area contributed by atoms with Crippen LogP contribution in [-0.2, 0) is 11.0 Å². The average molecular weight is 714 g/mol. The second-order valence-corrected chi connectivity index (χ2v) is 10.9. The predicted octanol–water partition coefficient (Wildman–Crippen LogP) is 10.4. The number of alkyl halides is 9. The third-order valence-corrected chi connectivity index (χ3v) is 6.52. The molecule has 0 aliphatic carbocycles. The first kappa shape index (κ1) is 34.0. The molecule has 2 aromatic carbocycles. The Bertz CT molecular complexity index is 1240. The average Bonchev–Trinajstić information content (AvgIpc) is 2.78. The van der Waals surface area contributed by atoms with Crippen molar-refractivity contribution in [1.82, 2.24) is 0 Å². The minimum atomic E-state index is -5.20. The third-order valence-electron chi connectivity index (χ3n) is 5.61. The monoisotopic (exact) mass is 712 g/mol. The molecule has 0 saturated heterocycles. The maximum absolute atomic E-state index is 15.0. The molecule has 0 radical (unpaired) electrons. The lowest BCUT2D eigenvalue weighted by Gasteiger charge is -2.19. The summed E-state index contributed by atoms with van der Waals surface area (Å²) in [6, 6.07) is 5.13. The second-order valence-electron chi connectivity index (χ2n) is 9.09. The first-order chi connectivity index (χ1) is 18.2. The van der Waals surface area contributed by atoms with Crippen molar-refractivity contribution in [2.45, 2.75) is 57.1 Å². The normalized spacial score (nSPS) is 14.7. The summed E-state index contributed by atoms with van der Waals surface area (Å²) in [5.74, 6) is -6.98. The van der Waals surface area contributed by atoms with Crippen LogP contribution in [0.25, 0.3) is 5.83 Å². The van der Waals surface area contributed by atoms with E-state index in [0.717, 1.165) is 18.2 Å². The molecule has 0 saturated carbocycles. The van der Waals surface area contributed by atoms with E-state index in [1.54, 1.807) is 0 Å². The molecule has 0 aliphatic rings. The van der Waals surface area contributed by atoms with Crippen molar-refractivity contribution < 1.29 is 53.5 Å². The Hall–Kier alpha value is -2.22. The molecule has 0 amide bonds. The fourth-order valence-corrected chi connectivity index (χ4v) is 5.15. The first-order valence-corrected chi connectivity index (χ1v) is 13.0. The van der Waals surface area contributed by atoms with Crippen LogP contribution in [0.3, 0.4) is 0 Å². The molecule has 2 nitrogen and oxygen atoms in total. The molecule has 0 aromatic heterocycles. The Labute approximate surface area is 239 Å². The van der Waals surface area contributed by atoms with E-state index in [2.05, 4.69) is 31.9 Å². The van der Waals surface area contributed by atoms with Gasteiger partial charge in [0.1, 0.15) is 17.5 Å². The standard InChI is InChI=1S/C26H20Br2F10O2/c1-13(6-18(39)4-5-24(30,31)32)7-23(40)19-3-2-14(10-21(19)26(36,37)38)22(29)12-20(25(33,34)35)15-8-16(27)11-17(28)9-15/h2-3,8-13,20H,4-7H2,1H3/b22-12-/t13-,20?/m1/s1. The Morgan fingerprint density at radius 2 is 1.45 bits per heavy atom. The van der Waals surface area contributed by atoms with E-state index < -0.39 is 95.7 Å². The highest BCUT2D eigenvalue weighted by Crippen LogP contribution is 2.41. The molecule has 0 bridgehead atoms. The van der Waals surface area contributed by atoms with Crippen molar-refractivity contribution in [3.05, 3.63) is 73.7 Å². The van der Waals surface area contributed by atoms with Crippen LogP contribution in [0.4, 0.5) is 43.9 Å². The van der Waals surface area contributed by atoms with Gasteiger partial charge in [-0.25, -0.2) is 4.39 Å². The lowest BCUT2D eigenvalue weighted by molar-refractivity contribution is -0.143. The molecule has 2 rings (SSSR count). The van der Waals surface area contributed by atoms with Crippen molar-refractivity contribution >= 4 is 49.3 Å². The zero-order valence-electron chi connectivity index (χ0n) is 20.4. The molecule has 0 aliphatic heterocycles. The summed E-state index contributed by atoms with van der Waals surface area (Å²) in [6.07, 6.45) is -18.0. The molecule has 0 spiro atoms. The summed E-state index contributed by atoms with van der Waals surface area (Å²) in [6.45, 7) is 1.30. The van der Waals surface area contributed by atoms with Gasteiger partial charge in [-0.05, 0) is 41.8 Å². The highest BCUT2D eigenvalue weighted by molar-refractivity contribution is 9.11. The Morgan fingerprint density at radius 1 is 0.875 bits per heavy atom. The van der Waals surface area contributed by atoms with Crippen LogP contribution < -0.4 is 0 Å². The first-order valence-electron chi connectivity index (χ1n) is 11.4. The Morgan fingerprint density at radius 3 is 1.95 bits per heavy atom. The summed E-state index contributed by atoms with van der Waals surface area (Å²) < 4.78 is 135. The minimum absolute atomic E-state index is 0.125. The molecule has 14 heteroatoms. The van der Waals surface area contributed by atoms with Gasteiger partial charge in [-0.1, -0.05) is 50.9 Å². The number of hydrogen-bond acceptors (Lipinski definition) is 2. The number of carbonyl (C=O) groups excluding carboxylic acids is 2. The maximum Gasteiger partial charge on any atom is 0.417 e. The van der Waals surface area contributed by atoms with Gasteiger partial charge in [-0.2, -0.15) is 39.5 Å². The van der Waals surface area contributed by atoms with Gasteiger partial charge in [0.15, 0.2) is 5.78 Å². The zero-order chi connectivity index (χ0) is 30.6. The number of Topliss-reactive ketones (excluding diaryl/α,β-unsaturated/α-hetero) is 2. The van der Waals surface area contributed by atoms with Crippen molar-refractivity contribution in [1.29, 1.82) is 0 Å². The van der Waals surface area contributed by atoms with Gasteiger partial charge in [0.25, 0.3) is 0 Å². The van der Waals surface area contributed by atoms with Gasteiger partial charge in [0.2, 0.25) is 0 Å². The van der Waals surface area contributed by atoms with Gasteiger partial charge in [-0.15, -0.1) is 0 Å². The fourth-order valence-electron chi connectivity index (χ4n) is 3.82. The number of rotatable bonds is 10. The summed E-state index contributed by atoms with van der Waals surface area (Å²) >= 11 is 6.05. The van der Waals surface area contributed by atoms with Crippen LogP contribution in [0.2, 0.25) is 0 Å². The van der Waals surface area contributed by atoms with Gasteiger partial charge < -0.3 is 0 Å². The fraction of sp³-hybridized carbons (Fsp3) is 0.385. The van der Waals surface area contributed by atoms with Gasteiger partial charge >= 0.3 is 18.5 Å². The van der Waals surface area contributed by atoms with E-state index in [1.807, 2.05) is 0 Å². The molecular formula is C26H20Br2F10O2. The summed E-state index contributed by atoms with van der Waals surface area (Å²) in [7, 11) is 0. The summed E-state index contributed by atoms with van der Waals surface area (Å²) in [5.41, 5.74) is -3.78. The molecule has 40 heavy (non-hydrogen) atoms. The van der Waals surface area contributed by atoms with Crippen molar-refractivity contribution in [3.63, 3.8) is 0 Å². The van der Waals surface area contributed by atoms with Gasteiger partial charge in [0.05, 0.1) is 12.0 Å². The van der Waals surface area contributed by atoms with Crippen LogP contribution in [0, 0.1) is 5.92 Å². The number of hydrogen-bond donors (Lipinski definition) is 0.